The van der Waals surface area contributed by atoms with Crippen LogP contribution in [0.3, 0.4) is 0 Å². The number of hydrogen-bond acceptors (Lipinski definition) is 2. The Bertz CT molecular complexity index is 346. The standard InChI is InChI=1S/C12H15IO2/c1-8-3-5-12(6-4-8)9(2)7-10(13)11(14)15-12/h3,10H,2,4-7H2,1H3. The van der Waals surface area contributed by atoms with Crippen LogP contribution < -0.4 is 0 Å². The van der Waals surface area contributed by atoms with Gasteiger partial charge in [0, 0.05) is 6.42 Å². The van der Waals surface area contributed by atoms with Crippen LogP contribution >= 0.6 is 22.6 Å². The zero-order valence-corrected chi connectivity index (χ0v) is 11.0. The van der Waals surface area contributed by atoms with E-state index in [9.17, 15) is 4.79 Å². The summed E-state index contributed by atoms with van der Waals surface area (Å²) in [6.45, 7) is 6.22. The Labute approximate surface area is 104 Å². The maximum atomic E-state index is 11.6. The van der Waals surface area contributed by atoms with Gasteiger partial charge in [-0.3, -0.25) is 4.79 Å². The molecular formula is C12H15IO2. The van der Waals surface area contributed by atoms with Crippen molar-refractivity contribution >= 4 is 28.6 Å². The Hall–Kier alpha value is -0.320. The number of alkyl halides is 1. The Morgan fingerprint density at radius 3 is 3.00 bits per heavy atom. The predicted octanol–water partition coefficient (Wildman–Crippen LogP) is 3.16. The van der Waals surface area contributed by atoms with Gasteiger partial charge in [0.25, 0.3) is 0 Å². The second kappa shape index (κ2) is 3.92. The molecule has 0 saturated carbocycles. The molecule has 0 radical (unpaired) electrons. The highest BCUT2D eigenvalue weighted by atomic mass is 127. The lowest BCUT2D eigenvalue weighted by molar-refractivity contribution is -0.159. The number of ether oxygens (including phenoxy) is 1. The van der Waals surface area contributed by atoms with E-state index >= 15 is 0 Å². The molecule has 82 valence electrons. The summed E-state index contributed by atoms with van der Waals surface area (Å²) in [5, 5.41) is 0. The number of hydrogen-bond donors (Lipinski definition) is 0. The quantitative estimate of drug-likeness (QED) is 0.297. The number of halogens is 1. The molecule has 2 atom stereocenters. The van der Waals surface area contributed by atoms with Gasteiger partial charge in [0.05, 0.1) is 0 Å². The molecule has 0 N–H and O–H groups in total. The largest absolute Gasteiger partial charge is 0.453 e. The molecule has 0 aromatic heterocycles. The summed E-state index contributed by atoms with van der Waals surface area (Å²) >= 11 is 2.13. The maximum absolute atomic E-state index is 11.6. The van der Waals surface area contributed by atoms with Gasteiger partial charge in [-0.15, -0.1) is 0 Å². The van der Waals surface area contributed by atoms with Crippen molar-refractivity contribution < 1.29 is 9.53 Å². The van der Waals surface area contributed by atoms with Crippen LogP contribution in [0, 0.1) is 0 Å². The predicted molar refractivity (Wildman–Crippen MR) is 68.0 cm³/mol. The summed E-state index contributed by atoms with van der Waals surface area (Å²) in [6.07, 6.45) is 5.68. The number of carbonyl (C=O) groups is 1. The molecular weight excluding hydrogens is 303 g/mol. The highest BCUT2D eigenvalue weighted by Crippen LogP contribution is 2.42. The fourth-order valence-electron chi connectivity index (χ4n) is 2.17. The lowest BCUT2D eigenvalue weighted by Crippen LogP contribution is -2.45. The third-order valence-electron chi connectivity index (χ3n) is 3.33. The minimum Gasteiger partial charge on any atom is -0.453 e. The van der Waals surface area contributed by atoms with Gasteiger partial charge in [0.15, 0.2) is 0 Å². The van der Waals surface area contributed by atoms with E-state index in [2.05, 4.69) is 42.2 Å². The van der Waals surface area contributed by atoms with Crippen LogP contribution in [0.25, 0.3) is 0 Å². The van der Waals surface area contributed by atoms with E-state index in [-0.39, 0.29) is 15.5 Å². The van der Waals surface area contributed by atoms with E-state index in [1.807, 2.05) is 0 Å². The molecule has 2 rings (SSSR count). The molecule has 2 nitrogen and oxygen atoms in total. The summed E-state index contributed by atoms with van der Waals surface area (Å²) in [5.41, 5.74) is 2.10. The normalized spacial score (nSPS) is 36.4. The number of allylic oxidation sites excluding steroid dienone is 1. The van der Waals surface area contributed by atoms with Crippen LogP contribution in [0.5, 0.6) is 0 Å². The van der Waals surface area contributed by atoms with Crippen LogP contribution in [0.1, 0.15) is 32.6 Å². The van der Waals surface area contributed by atoms with E-state index < -0.39 is 0 Å². The van der Waals surface area contributed by atoms with Crippen LogP contribution in [-0.2, 0) is 9.53 Å². The average molecular weight is 318 g/mol. The van der Waals surface area contributed by atoms with Crippen molar-refractivity contribution in [2.45, 2.75) is 42.1 Å². The van der Waals surface area contributed by atoms with Crippen LogP contribution in [0.4, 0.5) is 0 Å². The molecule has 15 heavy (non-hydrogen) atoms. The zero-order valence-electron chi connectivity index (χ0n) is 8.88. The Kier molecular flexibility index (Phi) is 2.92. The van der Waals surface area contributed by atoms with Crippen molar-refractivity contribution in [1.29, 1.82) is 0 Å². The fourth-order valence-corrected chi connectivity index (χ4v) is 2.83. The van der Waals surface area contributed by atoms with E-state index in [0.717, 1.165) is 31.3 Å². The van der Waals surface area contributed by atoms with Crippen molar-refractivity contribution in [3.63, 3.8) is 0 Å². The molecule has 1 heterocycles. The molecule has 1 saturated heterocycles. The van der Waals surface area contributed by atoms with Gasteiger partial charge in [-0.1, -0.05) is 40.8 Å². The fraction of sp³-hybridized carbons (Fsp3) is 0.583. The maximum Gasteiger partial charge on any atom is 0.320 e. The average Bonchev–Trinajstić information content (AvgIpc) is 2.20. The first-order valence-electron chi connectivity index (χ1n) is 5.24. The molecule has 1 aliphatic heterocycles. The van der Waals surface area contributed by atoms with Gasteiger partial charge in [-0.05, 0) is 31.8 Å². The molecule has 2 aliphatic rings. The summed E-state index contributed by atoms with van der Waals surface area (Å²) < 4.78 is 5.55. The molecule has 2 unspecified atom stereocenters. The van der Waals surface area contributed by atoms with Crippen molar-refractivity contribution in [3.8, 4) is 0 Å². The second-order valence-electron chi connectivity index (χ2n) is 4.45. The zero-order chi connectivity index (χ0) is 11.1. The first kappa shape index (κ1) is 11.2. The third-order valence-corrected chi connectivity index (χ3v) is 4.27. The van der Waals surface area contributed by atoms with E-state index in [1.54, 1.807) is 0 Å². The molecule has 0 aromatic rings. The Balaban J connectivity index is 2.22. The lowest BCUT2D eigenvalue weighted by Gasteiger charge is -2.41. The van der Waals surface area contributed by atoms with Gasteiger partial charge in [-0.2, -0.15) is 0 Å². The lowest BCUT2D eigenvalue weighted by atomic mass is 9.78. The SMILES string of the molecule is C=C1CC(I)C(=O)OC12CC=C(C)CC2. The number of rotatable bonds is 0. The van der Waals surface area contributed by atoms with E-state index in [4.69, 9.17) is 4.74 Å². The molecule has 0 bridgehead atoms. The highest BCUT2D eigenvalue weighted by Gasteiger charge is 2.44. The highest BCUT2D eigenvalue weighted by molar-refractivity contribution is 14.1. The molecule has 0 amide bonds. The van der Waals surface area contributed by atoms with Crippen molar-refractivity contribution in [3.05, 3.63) is 23.8 Å². The molecule has 1 fully saturated rings. The van der Waals surface area contributed by atoms with Crippen LogP contribution in [0.15, 0.2) is 23.8 Å². The number of esters is 1. The van der Waals surface area contributed by atoms with Gasteiger partial charge in [-0.25, -0.2) is 0 Å². The minimum absolute atomic E-state index is 0.0484. The van der Waals surface area contributed by atoms with E-state index in [0.29, 0.717) is 0 Å². The van der Waals surface area contributed by atoms with Crippen molar-refractivity contribution in [1.82, 2.24) is 0 Å². The molecule has 0 aromatic carbocycles. The minimum atomic E-state index is -0.377. The monoisotopic (exact) mass is 318 g/mol. The van der Waals surface area contributed by atoms with E-state index in [1.165, 1.54) is 5.57 Å². The summed E-state index contributed by atoms with van der Waals surface area (Å²) in [6, 6.07) is 0. The molecule has 3 heteroatoms. The number of carbonyl (C=O) groups excluding carboxylic acids is 1. The van der Waals surface area contributed by atoms with Gasteiger partial charge in [0.1, 0.15) is 9.53 Å². The smallest absolute Gasteiger partial charge is 0.320 e. The first-order valence-corrected chi connectivity index (χ1v) is 6.49. The van der Waals surface area contributed by atoms with Crippen LogP contribution in [0.2, 0.25) is 0 Å². The van der Waals surface area contributed by atoms with Crippen molar-refractivity contribution in [2.24, 2.45) is 0 Å². The first-order chi connectivity index (χ1) is 7.03. The van der Waals surface area contributed by atoms with Gasteiger partial charge >= 0.3 is 5.97 Å². The van der Waals surface area contributed by atoms with Gasteiger partial charge in [0.2, 0.25) is 0 Å². The Morgan fingerprint density at radius 1 is 1.67 bits per heavy atom. The van der Waals surface area contributed by atoms with Gasteiger partial charge < -0.3 is 4.74 Å². The summed E-state index contributed by atoms with van der Waals surface area (Å²) in [5.74, 6) is -0.0732. The molecule has 1 spiro atoms. The van der Waals surface area contributed by atoms with Crippen LogP contribution in [-0.4, -0.2) is 15.5 Å². The topological polar surface area (TPSA) is 26.3 Å². The third kappa shape index (κ3) is 1.98. The molecule has 1 aliphatic carbocycles. The van der Waals surface area contributed by atoms with Crippen molar-refractivity contribution in [2.75, 3.05) is 0 Å². The summed E-state index contributed by atoms with van der Waals surface area (Å²) in [4.78, 5) is 11.6. The Morgan fingerprint density at radius 2 is 2.40 bits per heavy atom. The second-order valence-corrected chi connectivity index (χ2v) is 5.95. The summed E-state index contributed by atoms with van der Waals surface area (Å²) in [7, 11) is 0.